The Bertz CT molecular complexity index is 328. The Labute approximate surface area is 94.7 Å². The van der Waals surface area contributed by atoms with Gasteiger partial charge in [-0.25, -0.2) is 0 Å². The summed E-state index contributed by atoms with van der Waals surface area (Å²) in [5.74, 6) is 0.473. The van der Waals surface area contributed by atoms with Crippen molar-refractivity contribution in [1.82, 2.24) is 0 Å². The fraction of sp³-hybridized carbons (Fsp3) is 0. The minimum Gasteiger partial charge on any atom is -0.441 e. The van der Waals surface area contributed by atoms with Crippen LogP contribution in [0.2, 0.25) is 0 Å². The maximum absolute atomic E-state index is 5.42. The molecule has 0 aliphatic carbocycles. The van der Waals surface area contributed by atoms with Gasteiger partial charge in [0.05, 0.1) is 0 Å². The number of furan rings is 1. The molecule has 0 saturated carbocycles. The van der Waals surface area contributed by atoms with Gasteiger partial charge in [0.25, 0.3) is 0 Å². The lowest BCUT2D eigenvalue weighted by Crippen LogP contribution is -1.75. The molecular formula is C8H10Cl3NO. The van der Waals surface area contributed by atoms with Crippen LogP contribution >= 0.6 is 37.2 Å². The third-order valence-electron chi connectivity index (χ3n) is 1.44. The second kappa shape index (κ2) is 5.97. The largest absolute Gasteiger partial charge is 0.441 e. The van der Waals surface area contributed by atoms with Crippen molar-refractivity contribution in [3.05, 3.63) is 30.3 Å². The summed E-state index contributed by atoms with van der Waals surface area (Å²) in [7, 11) is 0. The molecule has 0 aliphatic rings. The molecule has 5 heteroatoms. The second-order valence-electron chi connectivity index (χ2n) is 2.19. The van der Waals surface area contributed by atoms with Gasteiger partial charge < -0.3 is 10.2 Å². The fourth-order valence-electron chi connectivity index (χ4n) is 1.00. The fourth-order valence-corrected chi connectivity index (χ4v) is 1.00. The van der Waals surface area contributed by atoms with E-state index >= 15 is 0 Å². The van der Waals surface area contributed by atoms with Crippen molar-refractivity contribution in [3.8, 4) is 0 Å². The highest BCUT2D eigenvalue weighted by molar-refractivity contribution is 5.86. The first-order valence-corrected chi connectivity index (χ1v) is 3.10. The van der Waals surface area contributed by atoms with Crippen molar-refractivity contribution < 1.29 is 4.42 Å². The van der Waals surface area contributed by atoms with Gasteiger partial charge in [0, 0.05) is 11.5 Å². The van der Waals surface area contributed by atoms with Gasteiger partial charge in [0.15, 0.2) is 5.88 Å². The standard InChI is InChI=1S/C8H7NO.3ClH/c9-8-5-6-3-1-2-4-7(6)10-8;;;/h1-5H,9H2;3*1H. The van der Waals surface area contributed by atoms with Crippen LogP contribution in [0.4, 0.5) is 5.88 Å². The van der Waals surface area contributed by atoms with E-state index in [1.807, 2.05) is 30.3 Å². The first-order valence-electron chi connectivity index (χ1n) is 3.10. The van der Waals surface area contributed by atoms with Crippen molar-refractivity contribution in [2.75, 3.05) is 5.73 Å². The molecule has 2 N–H and O–H groups in total. The molecule has 1 aromatic carbocycles. The Morgan fingerprint density at radius 2 is 1.62 bits per heavy atom. The highest BCUT2D eigenvalue weighted by Gasteiger charge is 1.96. The van der Waals surface area contributed by atoms with Crippen molar-refractivity contribution >= 4 is 54.1 Å². The summed E-state index contributed by atoms with van der Waals surface area (Å²) in [4.78, 5) is 0. The Kier molecular flexibility index (Phi) is 6.86. The molecule has 0 unspecified atom stereocenters. The Balaban J connectivity index is 0. The molecule has 0 amide bonds. The highest BCUT2D eigenvalue weighted by Crippen LogP contribution is 2.19. The summed E-state index contributed by atoms with van der Waals surface area (Å²) in [6, 6.07) is 9.55. The molecule has 2 aromatic rings. The molecule has 1 aromatic heterocycles. The summed E-state index contributed by atoms with van der Waals surface area (Å²) in [5.41, 5.74) is 6.27. The van der Waals surface area contributed by atoms with E-state index in [0.29, 0.717) is 5.88 Å². The highest BCUT2D eigenvalue weighted by atomic mass is 35.5. The van der Waals surface area contributed by atoms with Crippen molar-refractivity contribution in [2.24, 2.45) is 0 Å². The minimum absolute atomic E-state index is 0. The quantitative estimate of drug-likeness (QED) is 0.770. The molecule has 1 heterocycles. The molecule has 0 bridgehead atoms. The molecule has 0 spiro atoms. The lowest BCUT2D eigenvalue weighted by molar-refractivity contribution is 0.637. The van der Waals surface area contributed by atoms with Gasteiger partial charge in [-0.1, -0.05) is 18.2 Å². The molecule has 13 heavy (non-hydrogen) atoms. The monoisotopic (exact) mass is 241 g/mol. The Morgan fingerprint density at radius 1 is 1.00 bits per heavy atom. The number of hydrogen-bond donors (Lipinski definition) is 1. The first-order chi connectivity index (χ1) is 4.86. The van der Waals surface area contributed by atoms with Crippen LogP contribution < -0.4 is 5.73 Å². The van der Waals surface area contributed by atoms with Crippen LogP contribution in [0.15, 0.2) is 34.7 Å². The number of rotatable bonds is 0. The topological polar surface area (TPSA) is 39.2 Å². The third kappa shape index (κ3) is 2.99. The number of nitrogen functional groups attached to an aromatic ring is 1. The number of anilines is 1. The van der Waals surface area contributed by atoms with Gasteiger partial charge in [0.1, 0.15) is 5.58 Å². The lowest BCUT2D eigenvalue weighted by atomic mass is 10.3. The van der Waals surface area contributed by atoms with Gasteiger partial charge in [-0.2, -0.15) is 0 Å². The maximum atomic E-state index is 5.42. The van der Waals surface area contributed by atoms with Crippen LogP contribution in [0.3, 0.4) is 0 Å². The number of fused-ring (bicyclic) bond motifs is 1. The molecule has 74 valence electrons. The SMILES string of the molecule is Cl.Cl.Cl.Nc1cc2ccccc2o1. The summed E-state index contributed by atoms with van der Waals surface area (Å²) in [6.45, 7) is 0. The number of halogens is 3. The van der Waals surface area contributed by atoms with Crippen molar-refractivity contribution in [1.29, 1.82) is 0 Å². The molecule has 0 aliphatic heterocycles. The van der Waals surface area contributed by atoms with E-state index < -0.39 is 0 Å². The van der Waals surface area contributed by atoms with Crippen molar-refractivity contribution in [2.45, 2.75) is 0 Å². The number of benzene rings is 1. The molecule has 0 atom stereocenters. The first kappa shape index (κ1) is 14.9. The zero-order chi connectivity index (χ0) is 6.97. The van der Waals surface area contributed by atoms with Crippen LogP contribution in [0.1, 0.15) is 0 Å². The summed E-state index contributed by atoms with van der Waals surface area (Å²) in [6.07, 6.45) is 0. The number of hydrogen-bond acceptors (Lipinski definition) is 2. The zero-order valence-electron chi connectivity index (χ0n) is 6.60. The number of para-hydroxylation sites is 1. The summed E-state index contributed by atoms with van der Waals surface area (Å²) < 4.78 is 5.15. The minimum atomic E-state index is 0. The van der Waals surface area contributed by atoms with Gasteiger partial charge in [0.2, 0.25) is 0 Å². The molecule has 0 radical (unpaired) electrons. The molecule has 0 saturated heterocycles. The smallest absolute Gasteiger partial charge is 0.191 e. The van der Waals surface area contributed by atoms with E-state index in [1.54, 1.807) is 0 Å². The van der Waals surface area contributed by atoms with Crippen LogP contribution in [0.25, 0.3) is 11.0 Å². The molecular weight excluding hydrogens is 232 g/mol. The average molecular weight is 243 g/mol. The molecule has 2 nitrogen and oxygen atoms in total. The van der Waals surface area contributed by atoms with Gasteiger partial charge in [-0.15, -0.1) is 37.2 Å². The molecule has 0 fully saturated rings. The zero-order valence-corrected chi connectivity index (χ0v) is 9.05. The van der Waals surface area contributed by atoms with E-state index in [9.17, 15) is 0 Å². The van der Waals surface area contributed by atoms with E-state index in [-0.39, 0.29) is 37.2 Å². The van der Waals surface area contributed by atoms with E-state index in [0.717, 1.165) is 11.0 Å². The third-order valence-corrected chi connectivity index (χ3v) is 1.44. The predicted octanol–water partition coefficient (Wildman–Crippen LogP) is 3.28. The van der Waals surface area contributed by atoms with Crippen LogP contribution in [-0.2, 0) is 0 Å². The van der Waals surface area contributed by atoms with Crippen LogP contribution in [0, 0.1) is 0 Å². The van der Waals surface area contributed by atoms with E-state index in [2.05, 4.69) is 0 Å². The van der Waals surface area contributed by atoms with E-state index in [4.69, 9.17) is 10.2 Å². The Morgan fingerprint density at radius 3 is 2.23 bits per heavy atom. The average Bonchev–Trinajstić information content (AvgIpc) is 2.27. The van der Waals surface area contributed by atoms with E-state index in [1.165, 1.54) is 0 Å². The van der Waals surface area contributed by atoms with Gasteiger partial charge in [-0.05, 0) is 6.07 Å². The molecule has 2 rings (SSSR count). The summed E-state index contributed by atoms with van der Waals surface area (Å²) >= 11 is 0. The van der Waals surface area contributed by atoms with Crippen molar-refractivity contribution in [3.63, 3.8) is 0 Å². The predicted molar refractivity (Wildman–Crippen MR) is 62.4 cm³/mol. The lowest BCUT2D eigenvalue weighted by Gasteiger charge is -1.81. The van der Waals surface area contributed by atoms with Crippen LogP contribution in [-0.4, -0.2) is 0 Å². The second-order valence-corrected chi connectivity index (χ2v) is 2.19. The van der Waals surface area contributed by atoms with Crippen LogP contribution in [0.5, 0.6) is 0 Å². The normalized spacial score (nSPS) is 8.00. The number of nitrogens with two attached hydrogens (primary N) is 1. The van der Waals surface area contributed by atoms with Gasteiger partial charge >= 0.3 is 0 Å². The Hall–Kier alpha value is -0.570. The van der Waals surface area contributed by atoms with Gasteiger partial charge in [-0.3, -0.25) is 0 Å². The summed E-state index contributed by atoms with van der Waals surface area (Å²) in [5, 5.41) is 1.06. The maximum Gasteiger partial charge on any atom is 0.191 e.